The second-order valence-electron chi connectivity index (χ2n) is 6.83. The van der Waals surface area contributed by atoms with Crippen LogP contribution in [0.3, 0.4) is 0 Å². The Hall–Kier alpha value is -2.67. The SMILES string of the molecule is COC(=O)/C=C/c1nc(CSc2c(Cl)cccc2Cl)ccc1OCCc1ccc(OC)cc1. The van der Waals surface area contributed by atoms with Crippen LogP contribution in [0.2, 0.25) is 10.0 Å². The third kappa shape index (κ3) is 7.42. The smallest absolute Gasteiger partial charge is 0.330 e. The number of ether oxygens (including phenoxy) is 3. The first-order chi connectivity index (χ1) is 16.0. The van der Waals surface area contributed by atoms with E-state index in [9.17, 15) is 4.79 Å². The Morgan fingerprint density at radius 3 is 2.42 bits per heavy atom. The maximum Gasteiger partial charge on any atom is 0.330 e. The van der Waals surface area contributed by atoms with E-state index in [1.54, 1.807) is 31.4 Å². The fraction of sp³-hybridized carbons (Fsp3) is 0.200. The van der Waals surface area contributed by atoms with Gasteiger partial charge in [-0.05, 0) is 48.0 Å². The molecular formula is C25H23Cl2NO4S. The number of benzene rings is 2. The van der Waals surface area contributed by atoms with Crippen LogP contribution in [0.15, 0.2) is 65.6 Å². The molecule has 0 N–H and O–H groups in total. The number of pyridine rings is 1. The van der Waals surface area contributed by atoms with Gasteiger partial charge in [-0.3, -0.25) is 0 Å². The van der Waals surface area contributed by atoms with Gasteiger partial charge < -0.3 is 14.2 Å². The lowest BCUT2D eigenvalue weighted by Gasteiger charge is -2.11. The van der Waals surface area contributed by atoms with Gasteiger partial charge in [-0.2, -0.15) is 0 Å². The summed E-state index contributed by atoms with van der Waals surface area (Å²) in [4.78, 5) is 17.1. The van der Waals surface area contributed by atoms with E-state index in [1.165, 1.54) is 24.9 Å². The topological polar surface area (TPSA) is 57.7 Å². The van der Waals surface area contributed by atoms with Crippen LogP contribution in [-0.2, 0) is 21.7 Å². The predicted octanol–water partition coefficient (Wildman–Crippen LogP) is 6.50. The molecule has 2 aromatic carbocycles. The first-order valence-corrected chi connectivity index (χ1v) is 11.8. The van der Waals surface area contributed by atoms with Crippen LogP contribution in [0.4, 0.5) is 0 Å². The summed E-state index contributed by atoms with van der Waals surface area (Å²) in [5.41, 5.74) is 2.46. The number of halogens is 2. The number of esters is 1. The van der Waals surface area contributed by atoms with Gasteiger partial charge in [-0.25, -0.2) is 9.78 Å². The minimum atomic E-state index is -0.469. The number of thioether (sulfide) groups is 1. The molecule has 3 rings (SSSR count). The summed E-state index contributed by atoms with van der Waals surface area (Å²) in [7, 11) is 2.96. The fourth-order valence-corrected chi connectivity index (χ4v) is 4.47. The Balaban J connectivity index is 1.71. The molecule has 0 fully saturated rings. The molecule has 0 amide bonds. The van der Waals surface area contributed by atoms with Crippen LogP contribution in [0, 0.1) is 0 Å². The van der Waals surface area contributed by atoms with Gasteiger partial charge >= 0.3 is 5.97 Å². The third-order valence-corrected chi connectivity index (χ3v) is 6.64. The number of rotatable bonds is 10. The zero-order valence-corrected chi connectivity index (χ0v) is 20.5. The van der Waals surface area contributed by atoms with Crippen molar-refractivity contribution in [3.05, 3.63) is 87.7 Å². The molecule has 0 bridgehead atoms. The molecule has 0 saturated carbocycles. The van der Waals surface area contributed by atoms with Gasteiger partial charge in [0.25, 0.3) is 0 Å². The maximum absolute atomic E-state index is 11.6. The molecule has 0 radical (unpaired) electrons. The molecule has 5 nitrogen and oxygen atoms in total. The molecule has 1 aromatic heterocycles. The molecule has 1 heterocycles. The molecule has 0 aliphatic carbocycles. The van der Waals surface area contributed by atoms with Gasteiger partial charge in [0.05, 0.1) is 36.6 Å². The highest BCUT2D eigenvalue weighted by Crippen LogP contribution is 2.35. The number of carbonyl (C=O) groups excluding carboxylic acids is 1. The van der Waals surface area contributed by atoms with Crippen LogP contribution in [0.5, 0.6) is 11.5 Å². The van der Waals surface area contributed by atoms with Gasteiger partial charge in [-0.15, -0.1) is 11.8 Å². The Labute approximate surface area is 207 Å². The highest BCUT2D eigenvalue weighted by Gasteiger charge is 2.10. The lowest BCUT2D eigenvalue weighted by molar-refractivity contribution is -0.134. The van der Waals surface area contributed by atoms with Crippen molar-refractivity contribution in [2.75, 3.05) is 20.8 Å². The van der Waals surface area contributed by atoms with E-state index in [-0.39, 0.29) is 0 Å². The first kappa shape index (κ1) is 25.0. The average molecular weight is 504 g/mol. The molecule has 33 heavy (non-hydrogen) atoms. The monoisotopic (exact) mass is 503 g/mol. The second kappa shape index (κ2) is 12.5. The van der Waals surface area contributed by atoms with E-state index < -0.39 is 5.97 Å². The summed E-state index contributed by atoms with van der Waals surface area (Å²) in [5, 5.41) is 1.19. The first-order valence-electron chi connectivity index (χ1n) is 10.1. The third-order valence-electron chi connectivity index (χ3n) is 4.61. The fourth-order valence-electron chi connectivity index (χ4n) is 2.88. The molecule has 8 heteroatoms. The summed E-state index contributed by atoms with van der Waals surface area (Å²) in [6, 6.07) is 17.0. The van der Waals surface area contributed by atoms with Gasteiger partial charge in [0.2, 0.25) is 0 Å². The van der Waals surface area contributed by atoms with Crippen molar-refractivity contribution in [3.8, 4) is 11.5 Å². The number of aromatic nitrogens is 1. The van der Waals surface area contributed by atoms with Gasteiger partial charge in [0.1, 0.15) is 17.2 Å². The Bertz CT molecular complexity index is 1100. The van der Waals surface area contributed by atoms with Crippen molar-refractivity contribution in [2.24, 2.45) is 0 Å². The Morgan fingerprint density at radius 1 is 1.03 bits per heavy atom. The average Bonchev–Trinajstić information content (AvgIpc) is 2.83. The highest BCUT2D eigenvalue weighted by molar-refractivity contribution is 7.98. The van der Waals surface area contributed by atoms with Crippen LogP contribution >= 0.6 is 35.0 Å². The second-order valence-corrected chi connectivity index (χ2v) is 8.63. The van der Waals surface area contributed by atoms with Crippen molar-refractivity contribution < 1.29 is 19.0 Å². The molecule has 0 saturated heterocycles. The van der Waals surface area contributed by atoms with Crippen molar-refractivity contribution in [1.29, 1.82) is 0 Å². The summed E-state index contributed by atoms with van der Waals surface area (Å²) < 4.78 is 15.9. The largest absolute Gasteiger partial charge is 0.497 e. The molecule has 0 spiro atoms. The molecule has 0 atom stereocenters. The summed E-state index contributed by atoms with van der Waals surface area (Å²) >= 11 is 14.0. The number of methoxy groups -OCH3 is 2. The van der Waals surface area contributed by atoms with E-state index in [4.69, 9.17) is 37.4 Å². The van der Waals surface area contributed by atoms with Crippen molar-refractivity contribution >= 4 is 47.0 Å². The lowest BCUT2D eigenvalue weighted by atomic mass is 10.1. The Kier molecular flexibility index (Phi) is 9.48. The molecule has 0 aliphatic heterocycles. The van der Waals surface area contributed by atoms with Crippen LogP contribution in [-0.4, -0.2) is 31.8 Å². The molecular weight excluding hydrogens is 481 g/mol. The summed E-state index contributed by atoms with van der Waals surface area (Å²) in [6.07, 6.45) is 3.62. The molecule has 0 aliphatic rings. The lowest BCUT2D eigenvalue weighted by Crippen LogP contribution is -2.04. The minimum absolute atomic E-state index is 0.455. The highest BCUT2D eigenvalue weighted by atomic mass is 35.5. The quantitative estimate of drug-likeness (QED) is 0.179. The summed E-state index contributed by atoms with van der Waals surface area (Å²) in [6.45, 7) is 0.455. The van der Waals surface area contributed by atoms with Crippen molar-refractivity contribution in [3.63, 3.8) is 0 Å². The van der Waals surface area contributed by atoms with Crippen molar-refractivity contribution in [1.82, 2.24) is 4.98 Å². The van der Waals surface area contributed by atoms with E-state index in [0.29, 0.717) is 40.3 Å². The number of hydrogen-bond donors (Lipinski definition) is 0. The standard InChI is InChI=1S/C25H23Cl2NO4S/c1-30-19-9-6-17(7-10-19)14-15-32-23-12-8-18(28-22(23)11-13-24(29)31-2)16-33-25-20(26)4-3-5-21(25)27/h3-13H,14-16H2,1-2H3/b13-11+. The Morgan fingerprint density at radius 2 is 1.76 bits per heavy atom. The van der Waals surface area contributed by atoms with Gasteiger partial charge in [0, 0.05) is 23.1 Å². The molecule has 3 aromatic rings. The number of hydrogen-bond acceptors (Lipinski definition) is 6. The predicted molar refractivity (Wildman–Crippen MR) is 134 cm³/mol. The summed E-state index contributed by atoms with van der Waals surface area (Å²) in [5.74, 6) is 1.47. The van der Waals surface area contributed by atoms with Crippen LogP contribution < -0.4 is 9.47 Å². The molecule has 172 valence electrons. The minimum Gasteiger partial charge on any atom is -0.497 e. The normalized spacial score (nSPS) is 10.9. The van der Waals surface area contributed by atoms with Gasteiger partial charge in [0.15, 0.2) is 0 Å². The van der Waals surface area contributed by atoms with E-state index in [2.05, 4.69) is 4.98 Å². The van der Waals surface area contributed by atoms with Crippen LogP contribution in [0.25, 0.3) is 6.08 Å². The van der Waals surface area contributed by atoms with E-state index in [0.717, 1.165) is 21.9 Å². The van der Waals surface area contributed by atoms with Gasteiger partial charge in [-0.1, -0.05) is 41.4 Å². The number of carbonyl (C=O) groups is 1. The zero-order chi connectivity index (χ0) is 23.6. The van der Waals surface area contributed by atoms with E-state index >= 15 is 0 Å². The zero-order valence-electron chi connectivity index (χ0n) is 18.2. The van der Waals surface area contributed by atoms with Crippen LogP contribution in [0.1, 0.15) is 17.0 Å². The van der Waals surface area contributed by atoms with Crippen molar-refractivity contribution in [2.45, 2.75) is 17.1 Å². The van der Waals surface area contributed by atoms with E-state index in [1.807, 2.05) is 36.4 Å². The maximum atomic E-state index is 11.6. The number of nitrogens with zero attached hydrogens (tertiary/aromatic N) is 1. The molecule has 0 unspecified atom stereocenters.